The van der Waals surface area contributed by atoms with Crippen LogP contribution in [0.1, 0.15) is 32.6 Å². The molecule has 1 heterocycles. The van der Waals surface area contributed by atoms with Gasteiger partial charge in [0.05, 0.1) is 6.10 Å². The van der Waals surface area contributed by atoms with Crippen LogP contribution in [0.2, 0.25) is 0 Å². The Labute approximate surface area is 87.5 Å². The zero-order valence-corrected chi connectivity index (χ0v) is 9.50. The first kappa shape index (κ1) is 12.0. The number of hydrogen-bond donors (Lipinski definition) is 2. The van der Waals surface area contributed by atoms with Crippen LogP contribution in [0.3, 0.4) is 0 Å². The van der Waals surface area contributed by atoms with Gasteiger partial charge in [0.15, 0.2) is 0 Å². The monoisotopic (exact) mass is 200 g/mol. The van der Waals surface area contributed by atoms with Crippen LogP contribution >= 0.6 is 0 Å². The third-order valence-corrected chi connectivity index (χ3v) is 3.04. The van der Waals surface area contributed by atoms with Crippen LogP contribution in [0, 0.1) is 0 Å². The Morgan fingerprint density at radius 1 is 1.50 bits per heavy atom. The van der Waals surface area contributed by atoms with Gasteiger partial charge in [0.2, 0.25) is 0 Å². The fourth-order valence-electron chi connectivity index (χ4n) is 1.98. The summed E-state index contributed by atoms with van der Waals surface area (Å²) in [7, 11) is 2.21. The summed E-state index contributed by atoms with van der Waals surface area (Å²) in [6, 6.07) is 0.706. The second-order valence-electron chi connectivity index (χ2n) is 4.47. The molecular formula is C11H24N2O. The van der Waals surface area contributed by atoms with Crippen molar-refractivity contribution in [3.05, 3.63) is 0 Å². The van der Waals surface area contributed by atoms with Gasteiger partial charge in [-0.3, -0.25) is 0 Å². The minimum atomic E-state index is -0.174. The molecule has 1 aliphatic heterocycles. The molecule has 14 heavy (non-hydrogen) atoms. The molecule has 0 aromatic heterocycles. The molecule has 0 aromatic rings. The highest BCUT2D eigenvalue weighted by molar-refractivity contribution is 4.76. The van der Waals surface area contributed by atoms with Crippen molar-refractivity contribution in [3.63, 3.8) is 0 Å². The zero-order valence-electron chi connectivity index (χ0n) is 9.50. The standard InChI is InChI=1S/C11H24N2O/c1-10(14)6-7-12-9-11-5-3-4-8-13(11)2/h10-12,14H,3-9H2,1-2H3. The third-order valence-electron chi connectivity index (χ3n) is 3.04. The van der Waals surface area contributed by atoms with Crippen molar-refractivity contribution >= 4 is 0 Å². The van der Waals surface area contributed by atoms with Crippen LogP contribution in [0.15, 0.2) is 0 Å². The lowest BCUT2D eigenvalue weighted by atomic mass is 10.0. The predicted molar refractivity (Wildman–Crippen MR) is 59.4 cm³/mol. The molecule has 0 aromatic carbocycles. The van der Waals surface area contributed by atoms with Gasteiger partial charge in [-0.25, -0.2) is 0 Å². The van der Waals surface area contributed by atoms with Crippen LogP contribution in [-0.2, 0) is 0 Å². The normalized spacial score (nSPS) is 26.4. The number of hydrogen-bond acceptors (Lipinski definition) is 3. The van der Waals surface area contributed by atoms with Gasteiger partial charge in [0.25, 0.3) is 0 Å². The molecule has 3 nitrogen and oxygen atoms in total. The molecule has 1 fully saturated rings. The molecule has 1 saturated heterocycles. The Balaban J connectivity index is 2.04. The van der Waals surface area contributed by atoms with Crippen molar-refractivity contribution < 1.29 is 5.11 Å². The van der Waals surface area contributed by atoms with E-state index < -0.39 is 0 Å². The van der Waals surface area contributed by atoms with Gasteiger partial charge >= 0.3 is 0 Å². The van der Waals surface area contributed by atoms with E-state index in [-0.39, 0.29) is 6.10 Å². The van der Waals surface area contributed by atoms with Crippen molar-refractivity contribution in [2.75, 3.05) is 26.7 Å². The highest BCUT2D eigenvalue weighted by Crippen LogP contribution is 2.13. The van der Waals surface area contributed by atoms with Crippen LogP contribution in [-0.4, -0.2) is 48.8 Å². The molecule has 0 amide bonds. The van der Waals surface area contributed by atoms with Gasteiger partial charge in [0.1, 0.15) is 0 Å². The highest BCUT2D eigenvalue weighted by Gasteiger charge is 2.17. The molecule has 0 aliphatic carbocycles. The predicted octanol–water partition coefficient (Wildman–Crippen LogP) is 0.831. The Hall–Kier alpha value is -0.120. The lowest BCUT2D eigenvalue weighted by Gasteiger charge is -2.32. The van der Waals surface area contributed by atoms with E-state index >= 15 is 0 Å². The molecule has 2 atom stereocenters. The van der Waals surface area contributed by atoms with Crippen LogP contribution in [0.5, 0.6) is 0 Å². The summed E-state index contributed by atoms with van der Waals surface area (Å²) in [6.45, 7) is 5.09. The summed E-state index contributed by atoms with van der Waals surface area (Å²) in [4.78, 5) is 2.44. The molecule has 0 bridgehead atoms. The Kier molecular flexibility index (Phi) is 5.45. The number of nitrogens with one attached hydrogen (secondary N) is 1. The fourth-order valence-corrected chi connectivity index (χ4v) is 1.98. The van der Waals surface area contributed by atoms with E-state index in [9.17, 15) is 0 Å². The quantitative estimate of drug-likeness (QED) is 0.645. The third kappa shape index (κ3) is 4.40. The van der Waals surface area contributed by atoms with Gasteiger partial charge in [-0.2, -0.15) is 0 Å². The van der Waals surface area contributed by atoms with Crippen LogP contribution in [0.25, 0.3) is 0 Å². The Morgan fingerprint density at radius 2 is 2.29 bits per heavy atom. The summed E-state index contributed by atoms with van der Waals surface area (Å²) in [6.07, 6.45) is 4.72. The van der Waals surface area contributed by atoms with E-state index in [0.717, 1.165) is 19.5 Å². The van der Waals surface area contributed by atoms with E-state index in [2.05, 4.69) is 17.3 Å². The van der Waals surface area contributed by atoms with Crippen molar-refractivity contribution in [1.82, 2.24) is 10.2 Å². The summed E-state index contributed by atoms with van der Waals surface area (Å²) in [5, 5.41) is 12.5. The smallest absolute Gasteiger partial charge is 0.0524 e. The topological polar surface area (TPSA) is 35.5 Å². The summed E-state index contributed by atoms with van der Waals surface area (Å²) in [5.41, 5.74) is 0. The molecule has 3 heteroatoms. The highest BCUT2D eigenvalue weighted by atomic mass is 16.3. The van der Waals surface area contributed by atoms with Gasteiger partial charge in [-0.1, -0.05) is 6.42 Å². The minimum Gasteiger partial charge on any atom is -0.393 e. The Morgan fingerprint density at radius 3 is 2.93 bits per heavy atom. The number of rotatable bonds is 5. The fraction of sp³-hybridized carbons (Fsp3) is 1.00. The maximum absolute atomic E-state index is 9.09. The summed E-state index contributed by atoms with van der Waals surface area (Å²) >= 11 is 0. The van der Waals surface area contributed by atoms with Gasteiger partial charge in [0, 0.05) is 12.6 Å². The Bertz CT molecular complexity index is 150. The number of likely N-dealkylation sites (tertiary alicyclic amines) is 1. The van der Waals surface area contributed by atoms with Crippen molar-refractivity contribution in [1.29, 1.82) is 0 Å². The molecule has 2 unspecified atom stereocenters. The largest absolute Gasteiger partial charge is 0.393 e. The molecule has 0 radical (unpaired) electrons. The molecule has 1 rings (SSSR count). The van der Waals surface area contributed by atoms with E-state index in [4.69, 9.17) is 5.11 Å². The van der Waals surface area contributed by atoms with E-state index in [1.165, 1.54) is 25.8 Å². The maximum atomic E-state index is 9.09. The summed E-state index contributed by atoms with van der Waals surface area (Å²) in [5.74, 6) is 0. The summed E-state index contributed by atoms with van der Waals surface area (Å²) < 4.78 is 0. The molecular weight excluding hydrogens is 176 g/mol. The molecule has 1 aliphatic rings. The second-order valence-corrected chi connectivity index (χ2v) is 4.47. The first-order valence-corrected chi connectivity index (χ1v) is 5.79. The number of likely N-dealkylation sites (N-methyl/N-ethyl adjacent to an activating group) is 1. The molecule has 0 saturated carbocycles. The molecule has 0 spiro atoms. The van der Waals surface area contributed by atoms with Gasteiger partial charge in [-0.15, -0.1) is 0 Å². The van der Waals surface area contributed by atoms with E-state index in [1.807, 2.05) is 6.92 Å². The van der Waals surface area contributed by atoms with E-state index in [0.29, 0.717) is 6.04 Å². The zero-order chi connectivity index (χ0) is 10.4. The van der Waals surface area contributed by atoms with Crippen molar-refractivity contribution in [2.45, 2.75) is 44.8 Å². The van der Waals surface area contributed by atoms with Gasteiger partial charge in [-0.05, 0) is 46.3 Å². The number of nitrogens with zero attached hydrogens (tertiary/aromatic N) is 1. The molecule has 84 valence electrons. The van der Waals surface area contributed by atoms with Crippen LogP contribution in [0.4, 0.5) is 0 Å². The second kappa shape index (κ2) is 6.38. The average Bonchev–Trinajstić information content (AvgIpc) is 2.15. The van der Waals surface area contributed by atoms with Crippen LogP contribution < -0.4 is 5.32 Å². The van der Waals surface area contributed by atoms with Crippen molar-refractivity contribution in [2.24, 2.45) is 0 Å². The number of piperidine rings is 1. The maximum Gasteiger partial charge on any atom is 0.0524 e. The average molecular weight is 200 g/mol. The lowest BCUT2D eigenvalue weighted by molar-refractivity contribution is 0.168. The number of aliphatic hydroxyl groups is 1. The number of aliphatic hydroxyl groups excluding tert-OH is 1. The molecule has 2 N–H and O–H groups in total. The first-order valence-electron chi connectivity index (χ1n) is 5.79. The minimum absolute atomic E-state index is 0.174. The van der Waals surface area contributed by atoms with E-state index in [1.54, 1.807) is 0 Å². The van der Waals surface area contributed by atoms with Gasteiger partial charge < -0.3 is 15.3 Å². The first-order chi connectivity index (χ1) is 6.70. The van der Waals surface area contributed by atoms with Crippen molar-refractivity contribution in [3.8, 4) is 0 Å². The SMILES string of the molecule is CC(O)CCNCC1CCCCN1C. The lowest BCUT2D eigenvalue weighted by Crippen LogP contribution is -2.43.